The predicted molar refractivity (Wildman–Crippen MR) is 73.4 cm³/mol. The molecule has 19 heavy (non-hydrogen) atoms. The largest absolute Gasteiger partial charge is 0.345 e. The highest BCUT2D eigenvalue weighted by Crippen LogP contribution is 2.19. The van der Waals surface area contributed by atoms with E-state index in [1.165, 1.54) is 0 Å². The number of aryl methyl sites for hydroxylation is 1. The molecule has 0 radical (unpaired) electrons. The van der Waals surface area contributed by atoms with Crippen molar-refractivity contribution in [2.75, 3.05) is 6.54 Å². The fraction of sp³-hybridized carbons (Fsp3) is 0.467. The molecule has 4 heteroatoms. The van der Waals surface area contributed by atoms with Crippen LogP contribution in [0, 0.1) is 12.8 Å². The summed E-state index contributed by atoms with van der Waals surface area (Å²) in [6.45, 7) is 6.56. The summed E-state index contributed by atoms with van der Waals surface area (Å²) in [5.41, 5.74) is 2.24. The highest BCUT2D eigenvalue weighted by Gasteiger charge is 2.36. The molecule has 0 aromatic heterocycles. The van der Waals surface area contributed by atoms with E-state index in [2.05, 4.69) is 5.32 Å². The molecular formula is C15H20N2O2. The Kier molecular flexibility index (Phi) is 3.88. The van der Waals surface area contributed by atoms with E-state index in [0.717, 1.165) is 11.1 Å². The van der Waals surface area contributed by atoms with Gasteiger partial charge in [0.2, 0.25) is 11.8 Å². The molecule has 0 aliphatic carbocycles. The molecule has 102 valence electrons. The van der Waals surface area contributed by atoms with Gasteiger partial charge >= 0.3 is 0 Å². The van der Waals surface area contributed by atoms with Crippen LogP contribution in [-0.2, 0) is 16.1 Å². The summed E-state index contributed by atoms with van der Waals surface area (Å²) in [5.74, 6) is 0.0398. The molecule has 1 aliphatic rings. The smallest absolute Gasteiger partial charge is 0.243 e. The van der Waals surface area contributed by atoms with E-state index in [1.807, 2.05) is 45.0 Å². The van der Waals surface area contributed by atoms with Crippen molar-refractivity contribution >= 4 is 11.8 Å². The van der Waals surface area contributed by atoms with E-state index in [1.54, 1.807) is 4.90 Å². The zero-order valence-electron chi connectivity index (χ0n) is 11.6. The lowest BCUT2D eigenvalue weighted by atomic mass is 9.98. The van der Waals surface area contributed by atoms with Crippen molar-refractivity contribution in [1.29, 1.82) is 0 Å². The number of hydrogen-bond acceptors (Lipinski definition) is 2. The van der Waals surface area contributed by atoms with Gasteiger partial charge < -0.3 is 10.2 Å². The highest BCUT2D eigenvalue weighted by molar-refractivity contribution is 5.94. The number of hydrogen-bond donors (Lipinski definition) is 1. The Hall–Kier alpha value is -1.84. The lowest BCUT2D eigenvalue weighted by molar-refractivity contribution is -0.148. The third kappa shape index (κ3) is 2.78. The standard InChI is InChI=1S/C15H20N2O2/c1-10(2)14-15(19)16-8-13(18)17(14)9-12-7-5-4-6-11(12)3/h4-7,10,14H,8-9H2,1-3H3,(H,16,19). The molecule has 1 aromatic carbocycles. The van der Waals surface area contributed by atoms with Crippen LogP contribution in [0.15, 0.2) is 24.3 Å². The fourth-order valence-corrected chi connectivity index (χ4v) is 2.49. The monoisotopic (exact) mass is 260 g/mol. The molecule has 0 saturated carbocycles. The maximum atomic E-state index is 12.1. The zero-order chi connectivity index (χ0) is 14.0. The van der Waals surface area contributed by atoms with E-state index in [-0.39, 0.29) is 30.3 Å². The van der Waals surface area contributed by atoms with Crippen LogP contribution in [0.25, 0.3) is 0 Å². The maximum absolute atomic E-state index is 12.1. The van der Waals surface area contributed by atoms with Gasteiger partial charge in [-0.1, -0.05) is 38.1 Å². The van der Waals surface area contributed by atoms with Gasteiger partial charge in [-0.25, -0.2) is 0 Å². The Bertz CT molecular complexity index is 497. The number of nitrogens with zero attached hydrogens (tertiary/aromatic N) is 1. The molecule has 1 heterocycles. The average molecular weight is 260 g/mol. The van der Waals surface area contributed by atoms with Crippen LogP contribution >= 0.6 is 0 Å². The van der Waals surface area contributed by atoms with Crippen LogP contribution in [0.4, 0.5) is 0 Å². The summed E-state index contributed by atoms with van der Waals surface area (Å²) in [5, 5.41) is 2.66. The number of amides is 2. The number of nitrogens with one attached hydrogen (secondary N) is 1. The first kappa shape index (κ1) is 13.6. The second-order valence-corrected chi connectivity index (χ2v) is 5.35. The van der Waals surface area contributed by atoms with E-state index >= 15 is 0 Å². The van der Waals surface area contributed by atoms with Gasteiger partial charge in [0.1, 0.15) is 6.04 Å². The Morgan fingerprint density at radius 3 is 2.63 bits per heavy atom. The van der Waals surface area contributed by atoms with Crippen LogP contribution in [-0.4, -0.2) is 29.3 Å². The number of piperazine rings is 1. The van der Waals surface area contributed by atoms with E-state index in [9.17, 15) is 9.59 Å². The molecule has 4 nitrogen and oxygen atoms in total. The van der Waals surface area contributed by atoms with Gasteiger partial charge in [0.25, 0.3) is 0 Å². The topological polar surface area (TPSA) is 49.4 Å². The minimum absolute atomic E-state index is 0.0125. The van der Waals surface area contributed by atoms with Gasteiger partial charge in [-0.15, -0.1) is 0 Å². The molecule has 2 rings (SSSR count). The van der Waals surface area contributed by atoms with E-state index in [0.29, 0.717) is 6.54 Å². The van der Waals surface area contributed by atoms with E-state index in [4.69, 9.17) is 0 Å². The molecule has 2 amide bonds. The number of rotatable bonds is 3. The predicted octanol–water partition coefficient (Wildman–Crippen LogP) is 1.48. The molecule has 1 unspecified atom stereocenters. The van der Waals surface area contributed by atoms with Crippen molar-refractivity contribution in [1.82, 2.24) is 10.2 Å². The minimum atomic E-state index is -0.374. The minimum Gasteiger partial charge on any atom is -0.345 e. The molecule has 1 saturated heterocycles. The summed E-state index contributed by atoms with van der Waals surface area (Å²) in [6, 6.07) is 7.59. The Balaban J connectivity index is 2.26. The SMILES string of the molecule is Cc1ccccc1CN1C(=O)CNC(=O)C1C(C)C. The van der Waals surface area contributed by atoms with Gasteiger partial charge in [-0.2, -0.15) is 0 Å². The maximum Gasteiger partial charge on any atom is 0.243 e. The van der Waals surface area contributed by atoms with Gasteiger partial charge in [-0.3, -0.25) is 9.59 Å². The fourth-order valence-electron chi connectivity index (χ4n) is 2.49. The molecule has 1 N–H and O–H groups in total. The van der Waals surface area contributed by atoms with Crippen LogP contribution in [0.1, 0.15) is 25.0 Å². The highest BCUT2D eigenvalue weighted by atomic mass is 16.2. The molecule has 1 atom stereocenters. The van der Waals surface area contributed by atoms with Gasteiger partial charge in [0.05, 0.1) is 6.54 Å². The summed E-state index contributed by atoms with van der Waals surface area (Å²) < 4.78 is 0. The summed E-state index contributed by atoms with van der Waals surface area (Å²) in [4.78, 5) is 25.7. The Morgan fingerprint density at radius 1 is 1.32 bits per heavy atom. The molecular weight excluding hydrogens is 240 g/mol. The molecule has 1 aliphatic heterocycles. The second-order valence-electron chi connectivity index (χ2n) is 5.35. The Morgan fingerprint density at radius 2 is 2.00 bits per heavy atom. The van der Waals surface area contributed by atoms with Crippen LogP contribution in [0.3, 0.4) is 0 Å². The Labute approximate surface area is 113 Å². The summed E-state index contributed by atoms with van der Waals surface area (Å²) in [6.07, 6.45) is 0. The molecule has 0 spiro atoms. The van der Waals surface area contributed by atoms with Crippen molar-refractivity contribution in [2.45, 2.75) is 33.4 Å². The number of benzene rings is 1. The summed E-state index contributed by atoms with van der Waals surface area (Å²) in [7, 11) is 0. The van der Waals surface area contributed by atoms with Crippen LogP contribution < -0.4 is 5.32 Å². The third-order valence-electron chi connectivity index (χ3n) is 3.57. The molecule has 1 aromatic rings. The third-order valence-corrected chi connectivity index (χ3v) is 3.57. The lowest BCUT2D eigenvalue weighted by Crippen LogP contribution is -2.59. The van der Waals surface area contributed by atoms with Crippen molar-refractivity contribution in [3.05, 3.63) is 35.4 Å². The van der Waals surface area contributed by atoms with Crippen LogP contribution in [0.2, 0.25) is 0 Å². The molecule has 0 bridgehead atoms. The zero-order valence-corrected chi connectivity index (χ0v) is 11.6. The van der Waals surface area contributed by atoms with Crippen molar-refractivity contribution < 1.29 is 9.59 Å². The van der Waals surface area contributed by atoms with Gasteiger partial charge in [0, 0.05) is 6.54 Å². The normalized spacial score (nSPS) is 19.8. The van der Waals surface area contributed by atoms with Crippen molar-refractivity contribution in [3.8, 4) is 0 Å². The van der Waals surface area contributed by atoms with Gasteiger partial charge in [-0.05, 0) is 24.0 Å². The van der Waals surface area contributed by atoms with Gasteiger partial charge in [0.15, 0.2) is 0 Å². The van der Waals surface area contributed by atoms with E-state index < -0.39 is 0 Å². The molecule has 1 fully saturated rings. The lowest BCUT2D eigenvalue weighted by Gasteiger charge is -2.37. The first-order chi connectivity index (χ1) is 9.00. The second kappa shape index (κ2) is 5.43. The average Bonchev–Trinajstić information content (AvgIpc) is 2.36. The van der Waals surface area contributed by atoms with Crippen molar-refractivity contribution in [2.24, 2.45) is 5.92 Å². The number of carbonyl (C=O) groups excluding carboxylic acids is 2. The van der Waals surface area contributed by atoms with Crippen molar-refractivity contribution in [3.63, 3.8) is 0 Å². The van der Waals surface area contributed by atoms with Crippen LogP contribution in [0.5, 0.6) is 0 Å². The summed E-state index contributed by atoms with van der Waals surface area (Å²) >= 11 is 0. The number of carbonyl (C=O) groups is 2. The quantitative estimate of drug-likeness (QED) is 0.895. The first-order valence-electron chi connectivity index (χ1n) is 6.62. The first-order valence-corrected chi connectivity index (χ1v) is 6.62.